The largest absolute Gasteiger partial charge is 0.573 e. The molecule has 0 saturated heterocycles. The van der Waals surface area contributed by atoms with Crippen LogP contribution in [0.5, 0.6) is 5.75 Å². The van der Waals surface area contributed by atoms with E-state index in [4.69, 9.17) is 0 Å². The topological polar surface area (TPSA) is 58.6 Å². The molecule has 0 radical (unpaired) electrons. The molecule has 148 valence electrons. The van der Waals surface area contributed by atoms with Gasteiger partial charge in [-0.2, -0.15) is 0 Å². The van der Waals surface area contributed by atoms with Gasteiger partial charge in [0.1, 0.15) is 5.75 Å². The highest BCUT2D eigenvalue weighted by Crippen LogP contribution is 2.25. The zero-order chi connectivity index (χ0) is 20.2. The number of sulfonamides is 1. The molecular weight excluding hydrogens is 381 g/mol. The molecule has 0 amide bonds. The molecule has 0 aromatic heterocycles. The van der Waals surface area contributed by atoms with Crippen molar-refractivity contribution in [3.05, 3.63) is 59.7 Å². The van der Waals surface area contributed by atoms with Gasteiger partial charge in [-0.05, 0) is 50.8 Å². The standard InChI is InChI=1S/C18H21F3N2O3S/c1-13-4-6-14(7-5-13)17(12-23(2)3)22-27(24,25)16-10-8-15(9-11-16)26-18(19,20)21/h4-11,17,22H,12H2,1-3H3/t17-/m0/s1. The summed E-state index contributed by atoms with van der Waals surface area (Å²) in [5.41, 5.74) is 1.83. The van der Waals surface area contributed by atoms with E-state index < -0.39 is 28.2 Å². The minimum absolute atomic E-state index is 0.145. The lowest BCUT2D eigenvalue weighted by atomic mass is 10.1. The van der Waals surface area contributed by atoms with Crippen LogP contribution >= 0.6 is 0 Å². The van der Waals surface area contributed by atoms with E-state index in [1.165, 1.54) is 0 Å². The highest BCUT2D eigenvalue weighted by atomic mass is 32.2. The minimum atomic E-state index is -4.83. The quantitative estimate of drug-likeness (QED) is 0.771. The number of nitrogens with zero attached hydrogens (tertiary/aromatic N) is 1. The number of aryl methyl sites for hydroxylation is 1. The van der Waals surface area contributed by atoms with Gasteiger partial charge in [-0.15, -0.1) is 13.2 Å². The number of hydrogen-bond donors (Lipinski definition) is 1. The molecule has 2 rings (SSSR count). The molecule has 0 saturated carbocycles. The molecule has 27 heavy (non-hydrogen) atoms. The van der Waals surface area contributed by atoms with Crippen LogP contribution < -0.4 is 9.46 Å². The van der Waals surface area contributed by atoms with Crippen LogP contribution in [0, 0.1) is 6.92 Å². The molecule has 1 atom stereocenters. The smallest absolute Gasteiger partial charge is 0.406 e. The van der Waals surface area contributed by atoms with Gasteiger partial charge in [-0.1, -0.05) is 29.8 Å². The maximum absolute atomic E-state index is 12.7. The van der Waals surface area contributed by atoms with Crippen LogP contribution in [-0.2, 0) is 10.0 Å². The molecule has 0 unspecified atom stereocenters. The Morgan fingerprint density at radius 3 is 2.07 bits per heavy atom. The second-order valence-corrected chi connectivity index (χ2v) is 8.08. The minimum Gasteiger partial charge on any atom is -0.406 e. The lowest BCUT2D eigenvalue weighted by molar-refractivity contribution is -0.274. The molecule has 0 fully saturated rings. The molecule has 0 bridgehead atoms. The molecule has 0 aliphatic carbocycles. The lowest BCUT2D eigenvalue weighted by Gasteiger charge is -2.23. The fourth-order valence-electron chi connectivity index (χ4n) is 2.45. The van der Waals surface area contributed by atoms with Crippen molar-refractivity contribution < 1.29 is 26.3 Å². The Kier molecular flexibility index (Phi) is 6.50. The molecule has 0 aliphatic heterocycles. The van der Waals surface area contributed by atoms with Crippen LogP contribution in [0.25, 0.3) is 0 Å². The summed E-state index contributed by atoms with van der Waals surface area (Å²) in [6.45, 7) is 2.34. The van der Waals surface area contributed by atoms with Gasteiger partial charge in [-0.25, -0.2) is 13.1 Å². The van der Waals surface area contributed by atoms with E-state index in [0.717, 1.165) is 35.4 Å². The number of benzene rings is 2. The Morgan fingerprint density at radius 2 is 1.59 bits per heavy atom. The molecule has 1 N–H and O–H groups in total. The van der Waals surface area contributed by atoms with Crippen molar-refractivity contribution in [1.29, 1.82) is 0 Å². The molecule has 0 heterocycles. The summed E-state index contributed by atoms with van der Waals surface area (Å²) in [6.07, 6.45) is -4.83. The predicted octanol–water partition coefficient (Wildman–Crippen LogP) is 3.47. The number of likely N-dealkylation sites (N-methyl/N-ethyl adjacent to an activating group) is 1. The van der Waals surface area contributed by atoms with Crippen LogP contribution in [0.4, 0.5) is 13.2 Å². The van der Waals surface area contributed by atoms with E-state index in [-0.39, 0.29) is 4.90 Å². The summed E-state index contributed by atoms with van der Waals surface area (Å²) in [5, 5.41) is 0. The maximum Gasteiger partial charge on any atom is 0.573 e. The van der Waals surface area contributed by atoms with Gasteiger partial charge in [0.25, 0.3) is 0 Å². The Balaban J connectivity index is 2.23. The number of hydrogen-bond acceptors (Lipinski definition) is 4. The summed E-state index contributed by atoms with van der Waals surface area (Å²) in [5.74, 6) is -0.482. The van der Waals surface area contributed by atoms with E-state index in [1.807, 2.05) is 50.2 Å². The lowest BCUT2D eigenvalue weighted by Crippen LogP contribution is -2.35. The van der Waals surface area contributed by atoms with Gasteiger partial charge in [0, 0.05) is 6.54 Å². The summed E-state index contributed by atoms with van der Waals surface area (Å²) in [7, 11) is -0.301. The number of ether oxygens (including phenoxy) is 1. The summed E-state index contributed by atoms with van der Waals surface area (Å²) in [4.78, 5) is 1.70. The second kappa shape index (κ2) is 8.28. The molecular formula is C18H21F3N2O3S. The predicted molar refractivity (Wildman–Crippen MR) is 95.9 cm³/mol. The first-order valence-corrected chi connectivity index (χ1v) is 9.54. The van der Waals surface area contributed by atoms with E-state index in [2.05, 4.69) is 9.46 Å². The Labute approximate surface area is 156 Å². The van der Waals surface area contributed by atoms with Gasteiger partial charge in [0.15, 0.2) is 0 Å². The van der Waals surface area contributed by atoms with Crippen molar-refractivity contribution in [3.63, 3.8) is 0 Å². The third-order valence-electron chi connectivity index (χ3n) is 3.69. The van der Waals surface area contributed by atoms with Gasteiger partial charge in [-0.3, -0.25) is 0 Å². The zero-order valence-electron chi connectivity index (χ0n) is 15.1. The van der Waals surface area contributed by atoms with Gasteiger partial charge in [0.2, 0.25) is 10.0 Å². The third-order valence-corrected chi connectivity index (χ3v) is 5.18. The molecule has 9 heteroatoms. The zero-order valence-corrected chi connectivity index (χ0v) is 15.9. The second-order valence-electron chi connectivity index (χ2n) is 6.37. The van der Waals surface area contributed by atoms with Crippen LogP contribution in [0.15, 0.2) is 53.4 Å². The maximum atomic E-state index is 12.7. The third kappa shape index (κ3) is 6.53. The fourth-order valence-corrected chi connectivity index (χ4v) is 3.67. The first-order valence-electron chi connectivity index (χ1n) is 8.06. The average molecular weight is 402 g/mol. The Bertz CT molecular complexity index is 849. The van der Waals surface area contributed by atoms with Gasteiger partial charge in [0.05, 0.1) is 10.9 Å². The molecule has 2 aromatic carbocycles. The van der Waals surface area contributed by atoms with Gasteiger partial charge >= 0.3 is 6.36 Å². The first kappa shape index (κ1) is 21.2. The molecule has 2 aromatic rings. The summed E-state index contributed by atoms with van der Waals surface area (Å²) >= 11 is 0. The Morgan fingerprint density at radius 1 is 1.04 bits per heavy atom. The van der Waals surface area contributed by atoms with Crippen LogP contribution in [0.2, 0.25) is 0 Å². The van der Waals surface area contributed by atoms with Crippen molar-refractivity contribution in [2.75, 3.05) is 20.6 Å². The number of halogens is 3. The summed E-state index contributed by atoms with van der Waals surface area (Å²) in [6, 6.07) is 11.0. The molecule has 5 nitrogen and oxygen atoms in total. The normalized spacial score (nSPS) is 13.6. The van der Waals surface area contributed by atoms with E-state index in [9.17, 15) is 21.6 Å². The summed E-state index contributed by atoms with van der Waals surface area (Å²) < 4.78 is 68.4. The highest BCUT2D eigenvalue weighted by molar-refractivity contribution is 7.89. The monoisotopic (exact) mass is 402 g/mol. The van der Waals surface area contributed by atoms with Crippen molar-refractivity contribution in [1.82, 2.24) is 9.62 Å². The van der Waals surface area contributed by atoms with Crippen molar-refractivity contribution in [2.45, 2.75) is 24.2 Å². The average Bonchev–Trinajstić information content (AvgIpc) is 2.53. The van der Waals surface area contributed by atoms with Crippen LogP contribution in [0.3, 0.4) is 0 Å². The number of alkyl halides is 3. The fraction of sp³-hybridized carbons (Fsp3) is 0.333. The van der Waals surface area contributed by atoms with Crippen molar-refractivity contribution in [2.24, 2.45) is 0 Å². The SMILES string of the molecule is Cc1ccc([C@H](CN(C)C)NS(=O)(=O)c2ccc(OC(F)(F)F)cc2)cc1. The number of rotatable bonds is 7. The highest BCUT2D eigenvalue weighted by Gasteiger charge is 2.31. The number of nitrogens with one attached hydrogen (secondary N) is 1. The van der Waals surface area contributed by atoms with Crippen LogP contribution in [-0.4, -0.2) is 40.3 Å². The first-order chi connectivity index (χ1) is 12.5. The Hall–Kier alpha value is -2.10. The molecule has 0 spiro atoms. The van der Waals surface area contributed by atoms with Gasteiger partial charge < -0.3 is 9.64 Å². The molecule has 0 aliphatic rings. The van der Waals surface area contributed by atoms with E-state index in [1.54, 1.807) is 0 Å². The van der Waals surface area contributed by atoms with Crippen molar-refractivity contribution in [3.8, 4) is 5.75 Å². The van der Waals surface area contributed by atoms with E-state index >= 15 is 0 Å². The van der Waals surface area contributed by atoms with Crippen molar-refractivity contribution >= 4 is 10.0 Å². The van der Waals surface area contributed by atoms with E-state index in [0.29, 0.717) is 6.54 Å². The van der Waals surface area contributed by atoms with Crippen LogP contribution in [0.1, 0.15) is 17.2 Å².